The van der Waals surface area contributed by atoms with Crippen LogP contribution in [0.4, 0.5) is 0 Å². The molecule has 0 saturated carbocycles. The quantitative estimate of drug-likeness (QED) is 0.834. The van der Waals surface area contributed by atoms with Gasteiger partial charge in [0.05, 0.1) is 5.60 Å². The van der Waals surface area contributed by atoms with Gasteiger partial charge in [0.2, 0.25) is 0 Å². The topological polar surface area (TPSA) is 23.5 Å². The summed E-state index contributed by atoms with van der Waals surface area (Å²) in [6.07, 6.45) is 3.15. The second-order valence-corrected chi connectivity index (χ2v) is 7.44. The molecule has 1 heterocycles. The molecule has 0 radical (unpaired) electrons. The molecule has 1 saturated heterocycles. The van der Waals surface area contributed by atoms with E-state index in [4.69, 9.17) is 11.6 Å². The lowest BCUT2D eigenvalue weighted by Gasteiger charge is -2.37. The van der Waals surface area contributed by atoms with Gasteiger partial charge in [-0.1, -0.05) is 61.0 Å². The third-order valence-electron chi connectivity index (χ3n) is 5.21. The van der Waals surface area contributed by atoms with Gasteiger partial charge in [0, 0.05) is 23.9 Å². The van der Waals surface area contributed by atoms with Crippen molar-refractivity contribution in [3.63, 3.8) is 0 Å². The van der Waals surface area contributed by atoms with Crippen LogP contribution in [0.3, 0.4) is 0 Å². The van der Waals surface area contributed by atoms with Crippen molar-refractivity contribution in [2.45, 2.75) is 31.8 Å². The molecule has 1 N–H and O–H groups in total. The third-order valence-corrected chi connectivity index (χ3v) is 5.46. The fourth-order valence-electron chi connectivity index (χ4n) is 3.71. The normalized spacial score (nSPS) is 19.1. The lowest BCUT2D eigenvalue weighted by molar-refractivity contribution is -0.0277. The third kappa shape index (κ3) is 4.00. The van der Waals surface area contributed by atoms with E-state index in [1.54, 1.807) is 0 Å². The Labute approximate surface area is 150 Å². The van der Waals surface area contributed by atoms with Gasteiger partial charge in [-0.2, -0.15) is 0 Å². The van der Waals surface area contributed by atoms with Crippen molar-refractivity contribution < 1.29 is 5.11 Å². The highest BCUT2D eigenvalue weighted by atomic mass is 35.5. The van der Waals surface area contributed by atoms with Gasteiger partial charge in [0.1, 0.15) is 0 Å². The van der Waals surface area contributed by atoms with Crippen molar-refractivity contribution in [2.75, 3.05) is 19.6 Å². The lowest BCUT2D eigenvalue weighted by Crippen LogP contribution is -2.42. The summed E-state index contributed by atoms with van der Waals surface area (Å²) in [5.74, 6) is 0.136. The first-order chi connectivity index (χ1) is 11.6. The Kier molecular flexibility index (Phi) is 5.60. The second kappa shape index (κ2) is 7.69. The van der Waals surface area contributed by atoms with E-state index in [2.05, 4.69) is 24.0 Å². The molecule has 2 nitrogen and oxygen atoms in total. The van der Waals surface area contributed by atoms with Gasteiger partial charge < -0.3 is 10.0 Å². The van der Waals surface area contributed by atoms with Gasteiger partial charge in [0.25, 0.3) is 0 Å². The summed E-state index contributed by atoms with van der Waals surface area (Å²) in [6, 6.07) is 17.9. The van der Waals surface area contributed by atoms with Crippen LogP contribution in [-0.2, 0) is 12.0 Å². The lowest BCUT2D eigenvalue weighted by atomic mass is 9.77. The first-order valence-electron chi connectivity index (χ1n) is 8.82. The molecular weight excluding hydrogens is 318 g/mol. The molecule has 0 aliphatic carbocycles. The zero-order valence-electron chi connectivity index (χ0n) is 14.3. The average Bonchev–Trinajstić information content (AvgIpc) is 3.09. The molecule has 2 aromatic carbocycles. The minimum Gasteiger partial charge on any atom is -0.384 e. The van der Waals surface area contributed by atoms with Gasteiger partial charge in [-0.25, -0.2) is 0 Å². The van der Waals surface area contributed by atoms with Crippen LogP contribution in [0.5, 0.6) is 0 Å². The number of benzene rings is 2. The van der Waals surface area contributed by atoms with Crippen LogP contribution in [0.2, 0.25) is 5.02 Å². The summed E-state index contributed by atoms with van der Waals surface area (Å²) in [5, 5.41) is 12.4. The van der Waals surface area contributed by atoms with E-state index in [1.807, 2.05) is 42.5 Å². The Morgan fingerprint density at radius 3 is 2.29 bits per heavy atom. The number of likely N-dealkylation sites (tertiary alicyclic amines) is 1. The van der Waals surface area contributed by atoms with E-state index in [1.165, 1.54) is 12.8 Å². The molecule has 128 valence electrons. The maximum absolute atomic E-state index is 11.7. The predicted octanol–water partition coefficient (Wildman–Crippen LogP) is 4.50. The molecule has 0 unspecified atom stereocenters. The molecule has 1 aliphatic rings. The van der Waals surface area contributed by atoms with Crippen LogP contribution in [0.1, 0.15) is 30.9 Å². The zero-order chi connectivity index (χ0) is 17.0. The summed E-state index contributed by atoms with van der Waals surface area (Å²) in [6.45, 7) is 5.38. The van der Waals surface area contributed by atoms with E-state index in [0.717, 1.165) is 30.8 Å². The Balaban J connectivity index is 1.88. The minimum atomic E-state index is -0.894. The van der Waals surface area contributed by atoms with E-state index in [0.29, 0.717) is 11.4 Å². The molecular formula is C21H26ClNO. The number of rotatable bonds is 6. The van der Waals surface area contributed by atoms with Gasteiger partial charge in [0.15, 0.2) is 0 Å². The van der Waals surface area contributed by atoms with Crippen molar-refractivity contribution in [3.05, 3.63) is 70.7 Å². The van der Waals surface area contributed by atoms with E-state index in [-0.39, 0.29) is 5.92 Å². The van der Waals surface area contributed by atoms with Crippen LogP contribution >= 0.6 is 11.6 Å². The summed E-state index contributed by atoms with van der Waals surface area (Å²) >= 11 is 6.05. The molecule has 2 atom stereocenters. The highest BCUT2D eigenvalue weighted by Gasteiger charge is 2.37. The first-order valence-corrected chi connectivity index (χ1v) is 9.20. The molecule has 2 aromatic rings. The molecule has 0 aromatic heterocycles. The maximum Gasteiger partial charge on any atom is 0.0974 e. The van der Waals surface area contributed by atoms with E-state index >= 15 is 0 Å². The van der Waals surface area contributed by atoms with Gasteiger partial charge in [-0.05, 0) is 49.2 Å². The van der Waals surface area contributed by atoms with Crippen molar-refractivity contribution >= 4 is 11.6 Å². The number of hydrogen-bond donors (Lipinski definition) is 1. The number of halogens is 1. The van der Waals surface area contributed by atoms with Crippen LogP contribution in [0, 0.1) is 5.92 Å². The Bertz CT molecular complexity index is 637. The van der Waals surface area contributed by atoms with Gasteiger partial charge >= 0.3 is 0 Å². The molecule has 3 heteroatoms. The average molecular weight is 344 g/mol. The van der Waals surface area contributed by atoms with Crippen LogP contribution in [0.15, 0.2) is 54.6 Å². The molecule has 3 rings (SSSR count). The summed E-state index contributed by atoms with van der Waals surface area (Å²) in [4.78, 5) is 2.47. The SMILES string of the molecule is C[C@H](CN1CCCC1)[C@](O)(Cc1ccccc1)c1ccc(Cl)cc1. The first kappa shape index (κ1) is 17.5. The molecule has 24 heavy (non-hydrogen) atoms. The highest BCUT2D eigenvalue weighted by Crippen LogP contribution is 2.35. The smallest absolute Gasteiger partial charge is 0.0974 e. The number of hydrogen-bond acceptors (Lipinski definition) is 2. The molecule has 0 spiro atoms. The molecule has 1 aliphatic heterocycles. The summed E-state index contributed by atoms with van der Waals surface area (Å²) in [5.41, 5.74) is 1.21. The second-order valence-electron chi connectivity index (χ2n) is 7.00. The molecule has 0 bridgehead atoms. The van der Waals surface area contributed by atoms with Crippen LogP contribution in [0.25, 0.3) is 0 Å². The number of nitrogens with zero attached hydrogens (tertiary/aromatic N) is 1. The number of aliphatic hydroxyl groups is 1. The summed E-state index contributed by atoms with van der Waals surface area (Å²) < 4.78 is 0. The largest absolute Gasteiger partial charge is 0.384 e. The zero-order valence-corrected chi connectivity index (χ0v) is 15.0. The fraction of sp³-hybridized carbons (Fsp3) is 0.429. The van der Waals surface area contributed by atoms with Gasteiger partial charge in [-0.15, -0.1) is 0 Å². The van der Waals surface area contributed by atoms with Crippen molar-refractivity contribution in [1.29, 1.82) is 0 Å². The molecule has 1 fully saturated rings. The Morgan fingerprint density at radius 1 is 1.04 bits per heavy atom. The maximum atomic E-state index is 11.7. The molecule has 0 amide bonds. The standard InChI is InChI=1S/C21H26ClNO/c1-17(16-23-13-5-6-14-23)21(24,15-18-7-3-2-4-8-18)19-9-11-20(22)12-10-19/h2-4,7-12,17,24H,5-6,13-16H2,1H3/t17-,21-/m1/s1. The fourth-order valence-corrected chi connectivity index (χ4v) is 3.84. The Hall–Kier alpha value is -1.35. The van der Waals surface area contributed by atoms with Crippen LogP contribution < -0.4 is 0 Å². The summed E-state index contributed by atoms with van der Waals surface area (Å²) in [7, 11) is 0. The van der Waals surface area contributed by atoms with E-state index < -0.39 is 5.60 Å². The van der Waals surface area contributed by atoms with Gasteiger partial charge in [-0.3, -0.25) is 0 Å². The van der Waals surface area contributed by atoms with Crippen molar-refractivity contribution in [1.82, 2.24) is 4.90 Å². The van der Waals surface area contributed by atoms with E-state index in [9.17, 15) is 5.11 Å². The Morgan fingerprint density at radius 2 is 1.67 bits per heavy atom. The monoisotopic (exact) mass is 343 g/mol. The van der Waals surface area contributed by atoms with Crippen molar-refractivity contribution in [3.8, 4) is 0 Å². The minimum absolute atomic E-state index is 0.136. The predicted molar refractivity (Wildman–Crippen MR) is 100 cm³/mol. The van der Waals surface area contributed by atoms with Crippen LogP contribution in [-0.4, -0.2) is 29.6 Å². The highest BCUT2D eigenvalue weighted by molar-refractivity contribution is 6.30. The van der Waals surface area contributed by atoms with Crippen molar-refractivity contribution in [2.24, 2.45) is 5.92 Å².